The van der Waals surface area contributed by atoms with Crippen molar-refractivity contribution in [1.29, 1.82) is 0 Å². The number of hydrogen-bond acceptors (Lipinski definition) is 4. The van der Waals surface area contributed by atoms with Crippen molar-refractivity contribution in [2.24, 2.45) is 0 Å². The number of methoxy groups -OCH3 is 1. The molecule has 0 bridgehead atoms. The van der Waals surface area contributed by atoms with E-state index in [0.29, 0.717) is 15.8 Å². The summed E-state index contributed by atoms with van der Waals surface area (Å²) in [5.41, 5.74) is 0.857. The molecule has 2 rings (SSSR count). The summed E-state index contributed by atoms with van der Waals surface area (Å²) in [6.45, 7) is 1.61. The molecule has 0 radical (unpaired) electrons. The molecule has 0 spiro atoms. The molecule has 0 saturated carbocycles. The van der Waals surface area contributed by atoms with Crippen molar-refractivity contribution in [3.63, 3.8) is 0 Å². The van der Waals surface area contributed by atoms with Gasteiger partial charge in [0.2, 0.25) is 0 Å². The summed E-state index contributed by atoms with van der Waals surface area (Å²) in [5.74, 6) is -0.276. The predicted octanol–water partition coefficient (Wildman–Crippen LogP) is 5.17. The van der Waals surface area contributed by atoms with Gasteiger partial charge in [0.25, 0.3) is 0 Å². The molecule has 0 aliphatic carbocycles. The fraction of sp³-hybridized carbons (Fsp3) is 0.188. The van der Waals surface area contributed by atoms with Crippen molar-refractivity contribution in [2.75, 3.05) is 7.11 Å². The summed E-state index contributed by atoms with van der Waals surface area (Å²) in [6.07, 6.45) is -0.951. The molecule has 2 aromatic carbocycles. The van der Waals surface area contributed by atoms with E-state index in [-0.39, 0.29) is 17.9 Å². The lowest BCUT2D eigenvalue weighted by Crippen LogP contribution is -2.11. The van der Waals surface area contributed by atoms with Gasteiger partial charge in [-0.3, -0.25) is 0 Å². The first-order valence-corrected chi connectivity index (χ1v) is 7.29. The number of carbonyl (C=O) groups excluding carboxylic acids is 1. The van der Waals surface area contributed by atoms with E-state index < -0.39 is 12.0 Å². The number of ether oxygens (including phenoxy) is 3. The van der Waals surface area contributed by atoms with E-state index in [1.807, 2.05) is 0 Å². The molecule has 0 amide bonds. The molecule has 0 aliphatic rings. The number of hydrogen-bond donors (Lipinski definition) is 0. The zero-order chi connectivity index (χ0) is 17.0. The fourth-order valence-corrected chi connectivity index (χ4v) is 2.22. The highest BCUT2D eigenvalue weighted by Gasteiger charge is 2.15. The van der Waals surface area contributed by atoms with Gasteiger partial charge in [0.15, 0.2) is 0 Å². The minimum Gasteiger partial charge on any atom is -0.487 e. The van der Waals surface area contributed by atoms with Crippen LogP contribution in [0, 0.1) is 12.7 Å². The molecule has 7 heteroatoms. The molecule has 2 aromatic rings. The van der Waals surface area contributed by atoms with Gasteiger partial charge in [-0.2, -0.15) is 0 Å². The first-order chi connectivity index (χ1) is 10.9. The topological polar surface area (TPSA) is 44.8 Å². The van der Waals surface area contributed by atoms with Crippen LogP contribution >= 0.6 is 23.2 Å². The zero-order valence-electron chi connectivity index (χ0n) is 12.4. The lowest BCUT2D eigenvalue weighted by Gasteiger charge is -2.13. The second kappa shape index (κ2) is 7.53. The maximum Gasteiger partial charge on any atom is 0.513 e. The van der Waals surface area contributed by atoms with Gasteiger partial charge in [0, 0.05) is 11.1 Å². The van der Waals surface area contributed by atoms with Gasteiger partial charge >= 0.3 is 6.16 Å². The second-order valence-electron chi connectivity index (χ2n) is 4.59. The Morgan fingerprint density at radius 1 is 1.17 bits per heavy atom. The average Bonchev–Trinajstić information content (AvgIpc) is 2.51. The Morgan fingerprint density at radius 3 is 2.61 bits per heavy atom. The van der Waals surface area contributed by atoms with Crippen molar-refractivity contribution in [1.82, 2.24) is 0 Å². The molecule has 0 atom stereocenters. The van der Waals surface area contributed by atoms with Gasteiger partial charge in [0.05, 0.1) is 17.7 Å². The molecule has 122 valence electrons. The quantitative estimate of drug-likeness (QED) is 0.558. The van der Waals surface area contributed by atoms with Gasteiger partial charge < -0.3 is 14.2 Å². The molecular formula is C16H13Cl2FO4. The van der Waals surface area contributed by atoms with E-state index >= 15 is 0 Å². The molecule has 0 aliphatic heterocycles. The third-order valence-corrected chi connectivity index (χ3v) is 3.72. The highest BCUT2D eigenvalue weighted by molar-refractivity contribution is 6.34. The lowest BCUT2D eigenvalue weighted by molar-refractivity contribution is 0.120. The van der Waals surface area contributed by atoms with Crippen molar-refractivity contribution in [3.05, 3.63) is 57.3 Å². The average molecular weight is 359 g/mol. The van der Waals surface area contributed by atoms with Crippen LogP contribution in [0.4, 0.5) is 9.18 Å². The van der Waals surface area contributed by atoms with Crippen LogP contribution in [0.2, 0.25) is 10.0 Å². The summed E-state index contributed by atoms with van der Waals surface area (Å²) in [5, 5.41) is 0.822. The van der Waals surface area contributed by atoms with Crippen LogP contribution in [0.3, 0.4) is 0 Å². The van der Waals surface area contributed by atoms with Crippen LogP contribution in [-0.2, 0) is 11.3 Å². The first-order valence-electron chi connectivity index (χ1n) is 6.54. The van der Waals surface area contributed by atoms with E-state index in [1.54, 1.807) is 19.1 Å². The SMILES string of the molecule is COC(=O)Oc1cccc(F)c1COc1cc(Cl)c(C)cc1Cl. The standard InChI is InChI=1S/C16H13Cl2FO4/c1-9-6-12(18)15(7-11(9)17)22-8-10-13(19)4-3-5-14(10)23-16(20)21-2/h3-7H,8H2,1-2H3. The third kappa shape index (κ3) is 4.27. The summed E-state index contributed by atoms with van der Waals surface area (Å²) in [7, 11) is 1.16. The fourth-order valence-electron chi connectivity index (χ4n) is 1.79. The van der Waals surface area contributed by atoms with E-state index in [9.17, 15) is 9.18 Å². The molecule has 0 unspecified atom stereocenters. The van der Waals surface area contributed by atoms with Crippen molar-refractivity contribution in [3.8, 4) is 11.5 Å². The number of halogens is 3. The number of aryl methyl sites for hydroxylation is 1. The summed E-state index contributed by atoms with van der Waals surface area (Å²) in [6, 6.07) is 7.26. The summed E-state index contributed by atoms with van der Waals surface area (Å²) in [4.78, 5) is 11.2. The van der Waals surface area contributed by atoms with Crippen molar-refractivity contribution >= 4 is 29.4 Å². The van der Waals surface area contributed by atoms with E-state index in [4.69, 9.17) is 32.7 Å². The Morgan fingerprint density at radius 2 is 1.91 bits per heavy atom. The first kappa shape index (κ1) is 17.4. The minimum atomic E-state index is -0.951. The monoisotopic (exact) mass is 358 g/mol. The van der Waals surface area contributed by atoms with Crippen LogP contribution in [0.15, 0.2) is 30.3 Å². The van der Waals surface area contributed by atoms with Crippen LogP contribution in [0.5, 0.6) is 11.5 Å². The third-order valence-electron chi connectivity index (χ3n) is 3.02. The number of benzene rings is 2. The molecule has 0 N–H and O–H groups in total. The molecular weight excluding hydrogens is 346 g/mol. The summed E-state index contributed by atoms with van der Waals surface area (Å²) >= 11 is 12.1. The molecule has 0 fully saturated rings. The van der Waals surface area contributed by atoms with Gasteiger partial charge in [-0.15, -0.1) is 0 Å². The van der Waals surface area contributed by atoms with Gasteiger partial charge in [-0.1, -0.05) is 29.3 Å². The van der Waals surface area contributed by atoms with Crippen LogP contribution in [0.1, 0.15) is 11.1 Å². The van der Waals surface area contributed by atoms with Gasteiger partial charge in [0.1, 0.15) is 23.9 Å². The molecule has 0 heterocycles. The number of carbonyl (C=O) groups is 1. The zero-order valence-corrected chi connectivity index (χ0v) is 13.9. The van der Waals surface area contributed by atoms with Crippen LogP contribution in [-0.4, -0.2) is 13.3 Å². The minimum absolute atomic E-state index is 0.00572. The van der Waals surface area contributed by atoms with Crippen molar-refractivity contribution < 1.29 is 23.4 Å². The predicted molar refractivity (Wildman–Crippen MR) is 85.0 cm³/mol. The van der Waals surface area contributed by atoms with E-state index in [0.717, 1.165) is 12.7 Å². The lowest BCUT2D eigenvalue weighted by atomic mass is 10.2. The van der Waals surface area contributed by atoms with Crippen LogP contribution < -0.4 is 9.47 Å². The Balaban J connectivity index is 2.23. The Bertz CT molecular complexity index is 734. The molecule has 0 aromatic heterocycles. The Hall–Kier alpha value is -1.98. The normalized spacial score (nSPS) is 10.3. The maximum atomic E-state index is 14.0. The molecule has 0 saturated heterocycles. The largest absolute Gasteiger partial charge is 0.513 e. The summed E-state index contributed by atoms with van der Waals surface area (Å²) < 4.78 is 28.8. The van der Waals surface area contributed by atoms with Crippen molar-refractivity contribution in [2.45, 2.75) is 13.5 Å². The maximum absolute atomic E-state index is 14.0. The number of rotatable bonds is 4. The Labute approximate surface area is 142 Å². The smallest absolute Gasteiger partial charge is 0.487 e. The van der Waals surface area contributed by atoms with Gasteiger partial charge in [-0.05, 0) is 30.7 Å². The van der Waals surface area contributed by atoms with E-state index in [2.05, 4.69) is 4.74 Å². The van der Waals surface area contributed by atoms with E-state index in [1.165, 1.54) is 18.2 Å². The second-order valence-corrected chi connectivity index (χ2v) is 5.41. The molecule has 4 nitrogen and oxygen atoms in total. The van der Waals surface area contributed by atoms with Crippen LogP contribution in [0.25, 0.3) is 0 Å². The van der Waals surface area contributed by atoms with Gasteiger partial charge in [-0.25, -0.2) is 9.18 Å². The highest BCUT2D eigenvalue weighted by atomic mass is 35.5. The molecule has 23 heavy (non-hydrogen) atoms. The Kier molecular flexibility index (Phi) is 5.69. The highest BCUT2D eigenvalue weighted by Crippen LogP contribution is 2.32.